The zero-order valence-corrected chi connectivity index (χ0v) is 9.36. The van der Waals surface area contributed by atoms with Gasteiger partial charge < -0.3 is 0 Å². The van der Waals surface area contributed by atoms with Crippen LogP contribution >= 0.6 is 0 Å². The summed E-state index contributed by atoms with van der Waals surface area (Å²) in [6, 6.07) is 9.65. The fourth-order valence-corrected chi connectivity index (χ4v) is 3.38. The van der Waals surface area contributed by atoms with Gasteiger partial charge in [0.05, 0.1) is 0 Å². The Morgan fingerprint density at radius 3 is 2.56 bits per heavy atom. The molecule has 2 aliphatic carbocycles. The van der Waals surface area contributed by atoms with Gasteiger partial charge in [-0.1, -0.05) is 42.5 Å². The van der Waals surface area contributed by atoms with Gasteiger partial charge in [0.2, 0.25) is 0 Å². The average Bonchev–Trinajstić information content (AvgIpc) is 2.90. The zero-order valence-electron chi connectivity index (χ0n) is 9.36. The number of hydrogen-bond acceptors (Lipinski definition) is 1. The molecule has 3 atom stereocenters. The molecule has 0 heterocycles. The van der Waals surface area contributed by atoms with E-state index in [9.17, 15) is 4.79 Å². The van der Waals surface area contributed by atoms with Crippen molar-refractivity contribution in [3.8, 4) is 0 Å². The van der Waals surface area contributed by atoms with Crippen LogP contribution in [0.1, 0.15) is 29.6 Å². The van der Waals surface area contributed by atoms with Gasteiger partial charge in [-0.25, -0.2) is 0 Å². The molecule has 16 heavy (non-hydrogen) atoms. The molecule has 1 aromatic rings. The Labute approximate surface area is 96.2 Å². The van der Waals surface area contributed by atoms with Gasteiger partial charge in [-0.15, -0.1) is 0 Å². The standard InChI is InChI=1S/C15H16O/c1-10-12-7-8-13(9-12)14(10)15(16)11-5-3-2-4-6-11/h2-6,12-14H,1,7-9H2/t12-,13+,14?/m1/s1. The van der Waals surface area contributed by atoms with Gasteiger partial charge in [0.15, 0.2) is 5.78 Å². The van der Waals surface area contributed by atoms with Crippen molar-refractivity contribution in [1.29, 1.82) is 0 Å². The summed E-state index contributed by atoms with van der Waals surface area (Å²) in [5.41, 5.74) is 2.05. The third kappa shape index (κ3) is 1.35. The van der Waals surface area contributed by atoms with Crippen molar-refractivity contribution in [3.05, 3.63) is 48.0 Å². The molecule has 2 aliphatic rings. The molecule has 2 bridgehead atoms. The van der Waals surface area contributed by atoms with Crippen LogP contribution in [0.5, 0.6) is 0 Å². The van der Waals surface area contributed by atoms with Gasteiger partial charge in [-0.05, 0) is 31.1 Å². The Kier molecular flexibility index (Phi) is 2.20. The minimum absolute atomic E-state index is 0.112. The van der Waals surface area contributed by atoms with E-state index in [0.717, 1.165) is 5.56 Å². The molecule has 0 saturated heterocycles. The maximum atomic E-state index is 12.4. The SMILES string of the molecule is C=C1C(C(=O)c2ccccc2)[C@H]2CC[C@@H]1C2. The number of rotatable bonds is 2. The quantitative estimate of drug-likeness (QED) is 0.542. The number of ketones is 1. The van der Waals surface area contributed by atoms with Crippen LogP contribution in [-0.4, -0.2) is 5.78 Å². The van der Waals surface area contributed by atoms with Crippen molar-refractivity contribution >= 4 is 5.78 Å². The summed E-state index contributed by atoms with van der Waals surface area (Å²) >= 11 is 0. The summed E-state index contributed by atoms with van der Waals surface area (Å²) in [4.78, 5) is 12.4. The van der Waals surface area contributed by atoms with Gasteiger partial charge >= 0.3 is 0 Å². The highest BCUT2D eigenvalue weighted by molar-refractivity contribution is 6.00. The number of Topliss-reactive ketones (excluding diaryl/α,β-unsaturated/α-hetero) is 1. The lowest BCUT2D eigenvalue weighted by molar-refractivity contribution is 0.0909. The second kappa shape index (κ2) is 3.58. The molecular weight excluding hydrogens is 196 g/mol. The lowest BCUT2D eigenvalue weighted by atomic mass is 9.80. The Bertz CT molecular complexity index is 432. The molecule has 0 amide bonds. The van der Waals surface area contributed by atoms with Crippen molar-refractivity contribution in [2.24, 2.45) is 17.8 Å². The number of carbonyl (C=O) groups is 1. The van der Waals surface area contributed by atoms with E-state index in [1.807, 2.05) is 30.3 Å². The van der Waals surface area contributed by atoms with Crippen LogP contribution in [0.15, 0.2) is 42.5 Å². The third-order valence-corrected chi connectivity index (χ3v) is 4.21. The number of fused-ring (bicyclic) bond motifs is 2. The van der Waals surface area contributed by atoms with Crippen molar-refractivity contribution in [3.63, 3.8) is 0 Å². The Morgan fingerprint density at radius 1 is 1.19 bits per heavy atom. The van der Waals surface area contributed by atoms with E-state index >= 15 is 0 Å². The van der Waals surface area contributed by atoms with E-state index in [4.69, 9.17) is 0 Å². The molecule has 0 spiro atoms. The van der Waals surface area contributed by atoms with E-state index in [2.05, 4.69) is 6.58 Å². The highest BCUT2D eigenvalue weighted by Crippen LogP contribution is 2.52. The monoisotopic (exact) mass is 212 g/mol. The highest BCUT2D eigenvalue weighted by atomic mass is 16.1. The molecule has 1 heteroatoms. The van der Waals surface area contributed by atoms with Crippen LogP contribution in [0.2, 0.25) is 0 Å². The second-order valence-corrected chi connectivity index (χ2v) is 5.05. The van der Waals surface area contributed by atoms with Gasteiger partial charge in [0, 0.05) is 11.5 Å². The first kappa shape index (κ1) is 9.83. The lowest BCUT2D eigenvalue weighted by Gasteiger charge is -2.22. The zero-order chi connectivity index (χ0) is 11.1. The molecule has 1 aromatic carbocycles. The predicted molar refractivity (Wildman–Crippen MR) is 64.2 cm³/mol. The van der Waals surface area contributed by atoms with E-state index in [1.54, 1.807) is 0 Å². The fourth-order valence-electron chi connectivity index (χ4n) is 3.38. The molecule has 1 nitrogen and oxygen atoms in total. The highest BCUT2D eigenvalue weighted by Gasteiger charge is 2.45. The number of hydrogen-bond donors (Lipinski definition) is 0. The molecule has 0 aromatic heterocycles. The summed E-state index contributed by atoms with van der Waals surface area (Å²) in [6.45, 7) is 4.14. The second-order valence-electron chi connectivity index (χ2n) is 5.05. The molecule has 2 fully saturated rings. The van der Waals surface area contributed by atoms with Crippen LogP contribution in [-0.2, 0) is 0 Å². The lowest BCUT2D eigenvalue weighted by Crippen LogP contribution is -2.22. The molecule has 2 saturated carbocycles. The first-order valence-electron chi connectivity index (χ1n) is 6.05. The minimum atomic E-state index is 0.112. The average molecular weight is 212 g/mol. The van der Waals surface area contributed by atoms with Gasteiger partial charge in [-0.3, -0.25) is 4.79 Å². The Morgan fingerprint density at radius 2 is 1.94 bits per heavy atom. The maximum absolute atomic E-state index is 12.4. The predicted octanol–water partition coefficient (Wildman–Crippen LogP) is 3.47. The number of benzene rings is 1. The number of carbonyl (C=O) groups excluding carboxylic acids is 1. The summed E-state index contributed by atoms with van der Waals surface area (Å²) < 4.78 is 0. The van der Waals surface area contributed by atoms with E-state index in [0.29, 0.717) is 11.8 Å². The molecular formula is C15H16O. The molecule has 3 rings (SSSR count). The smallest absolute Gasteiger partial charge is 0.170 e. The first-order chi connectivity index (χ1) is 7.77. The number of allylic oxidation sites excluding steroid dienone is 1. The molecule has 0 radical (unpaired) electrons. The Hall–Kier alpha value is -1.37. The maximum Gasteiger partial charge on any atom is 0.170 e. The van der Waals surface area contributed by atoms with Crippen LogP contribution in [0.25, 0.3) is 0 Å². The van der Waals surface area contributed by atoms with Crippen LogP contribution < -0.4 is 0 Å². The molecule has 0 aliphatic heterocycles. The van der Waals surface area contributed by atoms with Gasteiger partial charge in [0.1, 0.15) is 0 Å². The van der Waals surface area contributed by atoms with Gasteiger partial charge in [-0.2, -0.15) is 0 Å². The summed E-state index contributed by atoms with van der Waals surface area (Å²) in [5, 5.41) is 0. The Balaban J connectivity index is 1.89. The minimum Gasteiger partial charge on any atom is -0.293 e. The molecule has 82 valence electrons. The van der Waals surface area contributed by atoms with Gasteiger partial charge in [0.25, 0.3) is 0 Å². The molecule has 0 N–H and O–H groups in total. The van der Waals surface area contributed by atoms with Crippen molar-refractivity contribution in [1.82, 2.24) is 0 Å². The fraction of sp³-hybridized carbons (Fsp3) is 0.400. The van der Waals surface area contributed by atoms with Crippen molar-refractivity contribution in [2.45, 2.75) is 19.3 Å². The van der Waals surface area contributed by atoms with E-state index in [1.165, 1.54) is 24.8 Å². The third-order valence-electron chi connectivity index (χ3n) is 4.21. The summed E-state index contributed by atoms with van der Waals surface area (Å²) in [6.07, 6.45) is 3.66. The van der Waals surface area contributed by atoms with Crippen molar-refractivity contribution < 1.29 is 4.79 Å². The molecule has 1 unspecified atom stereocenters. The summed E-state index contributed by atoms with van der Waals surface area (Å²) in [7, 11) is 0. The first-order valence-corrected chi connectivity index (χ1v) is 6.05. The summed E-state index contributed by atoms with van der Waals surface area (Å²) in [5.74, 6) is 1.60. The van der Waals surface area contributed by atoms with Crippen molar-refractivity contribution in [2.75, 3.05) is 0 Å². The normalized spacial score (nSPS) is 32.0. The van der Waals surface area contributed by atoms with Crippen LogP contribution in [0, 0.1) is 17.8 Å². The topological polar surface area (TPSA) is 17.1 Å². The largest absolute Gasteiger partial charge is 0.293 e. The van der Waals surface area contributed by atoms with Crippen LogP contribution in [0.3, 0.4) is 0 Å². The van der Waals surface area contributed by atoms with E-state index in [-0.39, 0.29) is 11.7 Å². The van der Waals surface area contributed by atoms with Crippen LogP contribution in [0.4, 0.5) is 0 Å². The van der Waals surface area contributed by atoms with E-state index < -0.39 is 0 Å².